The molecular formula is C8H12. The highest BCUT2D eigenvalue weighted by Crippen LogP contribution is 2.52. The van der Waals surface area contributed by atoms with Crippen molar-refractivity contribution in [1.82, 2.24) is 0 Å². The maximum Gasteiger partial charge on any atom is -0.0117 e. The molecule has 0 nitrogen and oxygen atoms in total. The lowest BCUT2D eigenvalue weighted by molar-refractivity contribution is 0.127. The minimum atomic E-state index is 1.00. The van der Waals surface area contributed by atoms with Crippen LogP contribution in [0.1, 0.15) is 20.3 Å². The molecule has 2 aliphatic carbocycles. The van der Waals surface area contributed by atoms with Crippen molar-refractivity contribution < 1.29 is 0 Å². The highest BCUT2D eigenvalue weighted by Gasteiger charge is 2.43. The summed E-state index contributed by atoms with van der Waals surface area (Å²) in [5.74, 6) is 3.02. The maximum atomic E-state index is 2.42. The Hall–Kier alpha value is -0.260. The van der Waals surface area contributed by atoms with Crippen LogP contribution in [-0.4, -0.2) is 0 Å². The molecule has 3 atom stereocenters. The molecule has 0 aromatic rings. The van der Waals surface area contributed by atoms with Gasteiger partial charge in [-0.05, 0) is 31.1 Å². The monoisotopic (exact) mass is 108 g/mol. The Morgan fingerprint density at radius 1 is 1.62 bits per heavy atom. The summed E-state index contributed by atoms with van der Waals surface area (Å²) in [7, 11) is 0. The van der Waals surface area contributed by atoms with Crippen LogP contribution in [-0.2, 0) is 0 Å². The van der Waals surface area contributed by atoms with Gasteiger partial charge < -0.3 is 0 Å². The van der Waals surface area contributed by atoms with Gasteiger partial charge in [0.15, 0.2) is 0 Å². The Morgan fingerprint density at radius 2 is 2.38 bits per heavy atom. The molecule has 0 aromatic carbocycles. The molecule has 1 saturated carbocycles. The minimum Gasteiger partial charge on any atom is -0.0816 e. The van der Waals surface area contributed by atoms with Gasteiger partial charge in [-0.1, -0.05) is 18.6 Å². The van der Waals surface area contributed by atoms with E-state index in [2.05, 4.69) is 19.9 Å². The van der Waals surface area contributed by atoms with Crippen LogP contribution in [0.4, 0.5) is 0 Å². The fraction of sp³-hybridized carbons (Fsp3) is 0.750. The standard InChI is InChI=1S/C8H12/c1-5-3-7-4-6(2)8(5)7/h3,6-8H,4H2,1-2H3. The van der Waals surface area contributed by atoms with Gasteiger partial charge in [-0.15, -0.1) is 0 Å². The maximum absolute atomic E-state index is 2.42. The largest absolute Gasteiger partial charge is 0.0816 e. The molecule has 2 aliphatic rings. The van der Waals surface area contributed by atoms with Gasteiger partial charge in [-0.2, -0.15) is 0 Å². The van der Waals surface area contributed by atoms with Gasteiger partial charge in [0.05, 0.1) is 0 Å². The van der Waals surface area contributed by atoms with Gasteiger partial charge >= 0.3 is 0 Å². The van der Waals surface area contributed by atoms with Crippen molar-refractivity contribution in [2.24, 2.45) is 17.8 Å². The Bertz CT molecular complexity index is 144. The summed E-state index contributed by atoms with van der Waals surface area (Å²) in [4.78, 5) is 0. The van der Waals surface area contributed by atoms with E-state index in [-0.39, 0.29) is 0 Å². The van der Waals surface area contributed by atoms with Crippen LogP contribution in [0.3, 0.4) is 0 Å². The lowest BCUT2D eigenvalue weighted by Crippen LogP contribution is -2.40. The van der Waals surface area contributed by atoms with Crippen LogP contribution in [0.2, 0.25) is 0 Å². The van der Waals surface area contributed by atoms with Crippen molar-refractivity contribution in [2.75, 3.05) is 0 Å². The summed E-state index contributed by atoms with van der Waals surface area (Å²) in [5, 5.41) is 0. The van der Waals surface area contributed by atoms with Crippen LogP contribution in [0.5, 0.6) is 0 Å². The molecule has 0 N–H and O–H groups in total. The molecule has 44 valence electrons. The third-order valence-corrected chi connectivity index (χ3v) is 2.72. The molecule has 3 unspecified atom stereocenters. The zero-order valence-corrected chi connectivity index (χ0v) is 5.52. The van der Waals surface area contributed by atoms with Gasteiger partial charge in [-0.25, -0.2) is 0 Å². The summed E-state index contributed by atoms with van der Waals surface area (Å²) in [6.07, 6.45) is 3.88. The Balaban J connectivity index is 2.16. The second-order valence-electron chi connectivity index (χ2n) is 3.31. The van der Waals surface area contributed by atoms with Gasteiger partial charge in [-0.3, -0.25) is 0 Å². The fourth-order valence-electron chi connectivity index (χ4n) is 2.24. The van der Waals surface area contributed by atoms with Crippen molar-refractivity contribution in [1.29, 1.82) is 0 Å². The fourth-order valence-corrected chi connectivity index (χ4v) is 2.24. The first-order chi connectivity index (χ1) is 3.79. The first-order valence-corrected chi connectivity index (χ1v) is 3.47. The number of hydrogen-bond acceptors (Lipinski definition) is 0. The molecule has 0 amide bonds. The molecule has 0 heterocycles. The second-order valence-corrected chi connectivity index (χ2v) is 3.31. The van der Waals surface area contributed by atoms with Gasteiger partial charge in [0.1, 0.15) is 0 Å². The average molecular weight is 108 g/mol. The van der Waals surface area contributed by atoms with E-state index in [9.17, 15) is 0 Å². The van der Waals surface area contributed by atoms with Crippen LogP contribution < -0.4 is 0 Å². The quantitative estimate of drug-likeness (QED) is 0.417. The predicted molar refractivity (Wildman–Crippen MR) is 34.5 cm³/mol. The average Bonchev–Trinajstić information content (AvgIpc) is 1.63. The van der Waals surface area contributed by atoms with E-state index in [0.717, 1.165) is 17.8 Å². The summed E-state index contributed by atoms with van der Waals surface area (Å²) in [5.41, 5.74) is 1.65. The molecule has 2 rings (SSSR count). The smallest absolute Gasteiger partial charge is 0.0117 e. The molecule has 0 saturated heterocycles. The Kier molecular flexibility index (Phi) is 0.677. The number of fused-ring (bicyclic) bond motifs is 1. The van der Waals surface area contributed by atoms with Crippen molar-refractivity contribution in [3.63, 3.8) is 0 Å². The Labute approximate surface area is 50.6 Å². The van der Waals surface area contributed by atoms with Crippen molar-refractivity contribution in [3.8, 4) is 0 Å². The number of hydrogen-bond donors (Lipinski definition) is 0. The molecule has 0 heteroatoms. The highest BCUT2D eigenvalue weighted by atomic mass is 14.5. The zero-order chi connectivity index (χ0) is 5.72. The summed E-state index contributed by atoms with van der Waals surface area (Å²) in [6, 6.07) is 0. The highest BCUT2D eigenvalue weighted by molar-refractivity contribution is 5.26. The second kappa shape index (κ2) is 1.18. The third-order valence-electron chi connectivity index (χ3n) is 2.72. The van der Waals surface area contributed by atoms with Crippen molar-refractivity contribution in [3.05, 3.63) is 11.6 Å². The molecule has 0 aromatic heterocycles. The molecule has 0 radical (unpaired) electrons. The third kappa shape index (κ3) is 0.331. The molecule has 0 spiro atoms. The molecular weight excluding hydrogens is 96.1 g/mol. The van der Waals surface area contributed by atoms with Crippen LogP contribution in [0.25, 0.3) is 0 Å². The van der Waals surface area contributed by atoms with Crippen LogP contribution in [0, 0.1) is 17.8 Å². The van der Waals surface area contributed by atoms with E-state index in [1.165, 1.54) is 6.42 Å². The molecule has 0 bridgehead atoms. The summed E-state index contributed by atoms with van der Waals surface area (Å²) in [6.45, 7) is 4.62. The van der Waals surface area contributed by atoms with Gasteiger partial charge in [0, 0.05) is 0 Å². The topological polar surface area (TPSA) is 0 Å². The SMILES string of the molecule is CC1=CC2CC(C)C12. The summed E-state index contributed by atoms with van der Waals surface area (Å²) < 4.78 is 0. The molecule has 1 fully saturated rings. The number of allylic oxidation sites excluding steroid dienone is 2. The first kappa shape index (κ1) is 4.60. The van der Waals surface area contributed by atoms with E-state index >= 15 is 0 Å². The summed E-state index contributed by atoms with van der Waals surface area (Å²) >= 11 is 0. The van der Waals surface area contributed by atoms with Gasteiger partial charge in [0.2, 0.25) is 0 Å². The Morgan fingerprint density at radius 3 is 2.62 bits per heavy atom. The van der Waals surface area contributed by atoms with E-state index < -0.39 is 0 Å². The van der Waals surface area contributed by atoms with E-state index in [4.69, 9.17) is 0 Å². The van der Waals surface area contributed by atoms with Crippen LogP contribution >= 0.6 is 0 Å². The number of rotatable bonds is 0. The van der Waals surface area contributed by atoms with E-state index in [1.807, 2.05) is 0 Å². The molecule has 0 aliphatic heterocycles. The normalized spacial score (nSPS) is 50.8. The van der Waals surface area contributed by atoms with E-state index in [0.29, 0.717) is 0 Å². The predicted octanol–water partition coefficient (Wildman–Crippen LogP) is 2.22. The zero-order valence-electron chi connectivity index (χ0n) is 5.52. The lowest BCUT2D eigenvalue weighted by Gasteiger charge is -2.49. The van der Waals surface area contributed by atoms with Crippen LogP contribution in [0.15, 0.2) is 11.6 Å². The van der Waals surface area contributed by atoms with E-state index in [1.54, 1.807) is 5.57 Å². The van der Waals surface area contributed by atoms with Crippen molar-refractivity contribution in [2.45, 2.75) is 20.3 Å². The first-order valence-electron chi connectivity index (χ1n) is 3.47. The lowest BCUT2D eigenvalue weighted by atomic mass is 9.55. The minimum absolute atomic E-state index is 1.00. The molecule has 8 heavy (non-hydrogen) atoms. The van der Waals surface area contributed by atoms with Crippen molar-refractivity contribution >= 4 is 0 Å². The van der Waals surface area contributed by atoms with Gasteiger partial charge in [0.25, 0.3) is 0 Å².